The fourth-order valence-corrected chi connectivity index (χ4v) is 2.30. The first kappa shape index (κ1) is 10.4. The molecule has 88 valence electrons. The fraction of sp³-hybridized carbons (Fsp3) is 0.308. The van der Waals surface area contributed by atoms with Crippen LogP contribution in [0.15, 0.2) is 24.3 Å². The second kappa shape index (κ2) is 3.89. The molecule has 0 radical (unpaired) electrons. The Morgan fingerprint density at radius 3 is 3.06 bits per heavy atom. The zero-order valence-corrected chi connectivity index (χ0v) is 9.90. The molecule has 1 aromatic carbocycles. The molecule has 0 unspecified atom stereocenters. The molecule has 1 aliphatic rings. The number of nitrogens with one attached hydrogen (secondary N) is 1. The third kappa shape index (κ3) is 1.70. The number of nitrogens with two attached hydrogens (primary N) is 1. The van der Waals surface area contributed by atoms with Gasteiger partial charge in [-0.15, -0.1) is 0 Å². The number of nitrogen functional groups attached to an aromatic ring is 1. The summed E-state index contributed by atoms with van der Waals surface area (Å²) in [6.07, 6.45) is 0.965. The Hall–Kier alpha value is -1.81. The second-order valence-corrected chi connectivity index (χ2v) is 4.49. The first-order chi connectivity index (χ1) is 8.25. The van der Waals surface area contributed by atoms with Gasteiger partial charge in [-0.25, -0.2) is 4.68 Å². The van der Waals surface area contributed by atoms with Crippen LogP contribution in [0.4, 0.5) is 5.82 Å². The molecule has 0 atom stereocenters. The van der Waals surface area contributed by atoms with Crippen molar-refractivity contribution in [3.8, 4) is 5.69 Å². The number of benzene rings is 1. The number of anilines is 1. The van der Waals surface area contributed by atoms with E-state index in [1.807, 2.05) is 16.8 Å². The van der Waals surface area contributed by atoms with E-state index in [1.54, 1.807) is 0 Å². The van der Waals surface area contributed by atoms with Gasteiger partial charge in [0.2, 0.25) is 0 Å². The highest BCUT2D eigenvalue weighted by Crippen LogP contribution is 2.23. The van der Waals surface area contributed by atoms with E-state index in [-0.39, 0.29) is 0 Å². The van der Waals surface area contributed by atoms with E-state index in [1.165, 1.54) is 11.1 Å². The van der Waals surface area contributed by atoms with Gasteiger partial charge in [-0.2, -0.15) is 5.10 Å². The Bertz CT molecular complexity index is 557. The van der Waals surface area contributed by atoms with Gasteiger partial charge in [-0.05, 0) is 37.6 Å². The molecule has 3 N–H and O–H groups in total. The van der Waals surface area contributed by atoms with Crippen molar-refractivity contribution in [3.63, 3.8) is 0 Å². The number of hydrogen-bond acceptors (Lipinski definition) is 3. The summed E-state index contributed by atoms with van der Waals surface area (Å²) in [6.45, 7) is 3.87. The quantitative estimate of drug-likeness (QED) is 0.776. The highest BCUT2D eigenvalue weighted by atomic mass is 15.3. The number of fused-ring (bicyclic) bond motifs is 1. The zero-order chi connectivity index (χ0) is 11.8. The minimum atomic E-state index is 0.784. The van der Waals surface area contributed by atoms with Gasteiger partial charge in [-0.1, -0.05) is 12.1 Å². The van der Waals surface area contributed by atoms with Crippen molar-refractivity contribution in [1.82, 2.24) is 15.1 Å². The Balaban J connectivity index is 2.12. The summed E-state index contributed by atoms with van der Waals surface area (Å²) in [7, 11) is 0. The van der Waals surface area contributed by atoms with Gasteiger partial charge in [0, 0.05) is 12.1 Å². The topological polar surface area (TPSA) is 55.9 Å². The molecule has 1 aromatic heterocycles. The second-order valence-electron chi connectivity index (χ2n) is 4.49. The molecule has 0 saturated heterocycles. The minimum Gasteiger partial charge on any atom is -0.383 e. The lowest BCUT2D eigenvalue weighted by atomic mass is 10.1. The largest absolute Gasteiger partial charge is 0.383 e. The predicted molar refractivity (Wildman–Crippen MR) is 68.1 cm³/mol. The molecule has 3 rings (SSSR count). The molecular formula is C13H16N4. The maximum absolute atomic E-state index is 6.18. The van der Waals surface area contributed by atoms with Crippen LogP contribution in [0, 0.1) is 6.92 Å². The van der Waals surface area contributed by atoms with Crippen LogP contribution in [0.1, 0.15) is 16.8 Å². The Labute approximate surface area is 100 Å². The Morgan fingerprint density at radius 1 is 1.41 bits per heavy atom. The maximum atomic E-state index is 6.18. The number of nitrogens with zero attached hydrogens (tertiary/aromatic N) is 2. The monoisotopic (exact) mass is 228 g/mol. The summed E-state index contributed by atoms with van der Waals surface area (Å²) in [5, 5.41) is 7.90. The van der Waals surface area contributed by atoms with Gasteiger partial charge in [0.25, 0.3) is 0 Å². The average Bonchev–Trinajstić information content (AvgIpc) is 2.68. The molecule has 2 heterocycles. The summed E-state index contributed by atoms with van der Waals surface area (Å²) in [5.74, 6) is 0.784. The number of aryl methyl sites for hydroxylation is 1. The van der Waals surface area contributed by atoms with Crippen LogP contribution >= 0.6 is 0 Å². The molecule has 0 fully saturated rings. The average molecular weight is 228 g/mol. The molecule has 0 saturated carbocycles. The number of rotatable bonds is 1. The van der Waals surface area contributed by atoms with Crippen molar-refractivity contribution in [3.05, 3.63) is 41.1 Å². The van der Waals surface area contributed by atoms with Gasteiger partial charge in [0.15, 0.2) is 0 Å². The summed E-state index contributed by atoms with van der Waals surface area (Å²) in [4.78, 5) is 0. The predicted octanol–water partition coefficient (Wildman–Crippen LogP) is 1.41. The summed E-state index contributed by atoms with van der Waals surface area (Å²) >= 11 is 0. The summed E-state index contributed by atoms with van der Waals surface area (Å²) in [5.41, 5.74) is 10.7. The lowest BCUT2D eigenvalue weighted by Crippen LogP contribution is -2.23. The first-order valence-electron chi connectivity index (χ1n) is 5.90. The van der Waals surface area contributed by atoms with Crippen LogP contribution < -0.4 is 11.1 Å². The maximum Gasteiger partial charge on any atom is 0.130 e. The molecule has 0 amide bonds. The van der Waals surface area contributed by atoms with Gasteiger partial charge in [0.05, 0.1) is 11.4 Å². The smallest absolute Gasteiger partial charge is 0.130 e. The van der Waals surface area contributed by atoms with E-state index in [4.69, 9.17) is 5.73 Å². The zero-order valence-electron chi connectivity index (χ0n) is 9.90. The lowest BCUT2D eigenvalue weighted by molar-refractivity contribution is 0.629. The molecule has 1 aliphatic heterocycles. The van der Waals surface area contributed by atoms with Crippen LogP contribution in [0.5, 0.6) is 0 Å². The minimum absolute atomic E-state index is 0.784. The number of hydrogen-bond donors (Lipinski definition) is 2. The standard InChI is InChI=1S/C13H16N4/c1-9-3-2-4-10(7-9)17-13(14)11-5-6-15-8-12(11)16-17/h2-4,7,15H,5-6,8,14H2,1H3. The van der Waals surface area contributed by atoms with Gasteiger partial charge < -0.3 is 11.1 Å². The van der Waals surface area contributed by atoms with Crippen LogP contribution in [0.3, 0.4) is 0 Å². The third-order valence-electron chi connectivity index (χ3n) is 3.20. The van der Waals surface area contributed by atoms with Crippen molar-refractivity contribution in [1.29, 1.82) is 0 Å². The lowest BCUT2D eigenvalue weighted by Gasteiger charge is -2.10. The van der Waals surface area contributed by atoms with Crippen molar-refractivity contribution < 1.29 is 0 Å². The van der Waals surface area contributed by atoms with E-state index in [9.17, 15) is 0 Å². The normalized spacial score (nSPS) is 14.6. The fourth-order valence-electron chi connectivity index (χ4n) is 2.30. The number of aromatic nitrogens is 2. The molecule has 4 nitrogen and oxygen atoms in total. The third-order valence-corrected chi connectivity index (χ3v) is 3.20. The molecule has 2 aromatic rings. The van der Waals surface area contributed by atoms with Crippen LogP contribution in [0.25, 0.3) is 5.69 Å². The van der Waals surface area contributed by atoms with Gasteiger partial charge in [0.1, 0.15) is 5.82 Å². The van der Waals surface area contributed by atoms with Crippen molar-refractivity contribution in [2.24, 2.45) is 0 Å². The summed E-state index contributed by atoms with van der Waals surface area (Å²) < 4.78 is 1.85. The molecular weight excluding hydrogens is 212 g/mol. The summed E-state index contributed by atoms with van der Waals surface area (Å²) in [6, 6.07) is 8.24. The molecule has 17 heavy (non-hydrogen) atoms. The molecule has 0 aliphatic carbocycles. The van der Waals surface area contributed by atoms with Gasteiger partial charge >= 0.3 is 0 Å². The Morgan fingerprint density at radius 2 is 2.29 bits per heavy atom. The molecule has 4 heteroatoms. The molecule has 0 spiro atoms. The van der Waals surface area contributed by atoms with Crippen LogP contribution in [-0.4, -0.2) is 16.3 Å². The SMILES string of the molecule is Cc1cccc(-n2nc3c(c2N)CCNC3)c1. The molecule has 0 bridgehead atoms. The first-order valence-corrected chi connectivity index (χ1v) is 5.90. The van der Waals surface area contributed by atoms with E-state index < -0.39 is 0 Å². The van der Waals surface area contributed by atoms with E-state index in [0.29, 0.717) is 0 Å². The highest BCUT2D eigenvalue weighted by Gasteiger charge is 2.18. The van der Waals surface area contributed by atoms with Crippen LogP contribution in [0.2, 0.25) is 0 Å². The highest BCUT2D eigenvalue weighted by molar-refractivity contribution is 5.51. The van der Waals surface area contributed by atoms with Gasteiger partial charge in [-0.3, -0.25) is 0 Å². The van der Waals surface area contributed by atoms with Crippen molar-refractivity contribution in [2.75, 3.05) is 12.3 Å². The van der Waals surface area contributed by atoms with Crippen LogP contribution in [-0.2, 0) is 13.0 Å². The van der Waals surface area contributed by atoms with E-state index in [0.717, 1.165) is 36.7 Å². The van der Waals surface area contributed by atoms with E-state index >= 15 is 0 Å². The van der Waals surface area contributed by atoms with E-state index in [2.05, 4.69) is 29.5 Å². The van der Waals surface area contributed by atoms with Crippen molar-refractivity contribution in [2.45, 2.75) is 19.9 Å². The Kier molecular flexibility index (Phi) is 2.37. The van der Waals surface area contributed by atoms with Crippen molar-refractivity contribution >= 4 is 5.82 Å².